The second-order valence-electron chi connectivity index (χ2n) is 6.99. The summed E-state index contributed by atoms with van der Waals surface area (Å²) in [6, 6.07) is 16.5. The van der Waals surface area contributed by atoms with Crippen LogP contribution in [0.15, 0.2) is 74.2 Å². The molecule has 0 aliphatic carbocycles. The predicted octanol–water partition coefficient (Wildman–Crippen LogP) is 5.19. The SMILES string of the molecule is CC1=NN(c2ccc(Br)cc2)C(=O)C1=Cc1ccc(-c2ccc3c(c2)C(=O)OC3)o1. The molecule has 0 bridgehead atoms. The van der Waals surface area contributed by atoms with Crippen LogP contribution in [0.25, 0.3) is 17.4 Å². The van der Waals surface area contributed by atoms with Crippen molar-refractivity contribution in [3.05, 3.63) is 81.5 Å². The van der Waals surface area contributed by atoms with E-state index in [2.05, 4.69) is 21.0 Å². The maximum absolute atomic E-state index is 12.9. The van der Waals surface area contributed by atoms with Crippen LogP contribution < -0.4 is 5.01 Å². The van der Waals surface area contributed by atoms with Crippen LogP contribution in [-0.2, 0) is 16.1 Å². The molecule has 0 spiro atoms. The smallest absolute Gasteiger partial charge is 0.338 e. The number of furan rings is 1. The van der Waals surface area contributed by atoms with Crippen molar-refractivity contribution in [2.45, 2.75) is 13.5 Å². The summed E-state index contributed by atoms with van der Waals surface area (Å²) in [6.07, 6.45) is 1.69. The molecule has 30 heavy (non-hydrogen) atoms. The van der Waals surface area contributed by atoms with E-state index in [0.29, 0.717) is 40.7 Å². The lowest BCUT2D eigenvalue weighted by atomic mass is 10.0. The van der Waals surface area contributed by atoms with E-state index in [1.54, 1.807) is 25.1 Å². The Labute approximate surface area is 180 Å². The lowest BCUT2D eigenvalue weighted by Crippen LogP contribution is -2.21. The van der Waals surface area contributed by atoms with Gasteiger partial charge in [-0.15, -0.1) is 0 Å². The number of halogens is 1. The highest BCUT2D eigenvalue weighted by atomic mass is 79.9. The fourth-order valence-electron chi connectivity index (χ4n) is 3.44. The minimum absolute atomic E-state index is 0.215. The Morgan fingerprint density at radius 3 is 2.67 bits per heavy atom. The molecule has 0 fully saturated rings. The van der Waals surface area contributed by atoms with Gasteiger partial charge >= 0.3 is 5.97 Å². The highest BCUT2D eigenvalue weighted by molar-refractivity contribution is 9.10. The summed E-state index contributed by atoms with van der Waals surface area (Å²) in [5.41, 5.74) is 3.97. The van der Waals surface area contributed by atoms with Crippen molar-refractivity contribution in [3.8, 4) is 11.3 Å². The zero-order chi connectivity index (χ0) is 20.8. The maximum Gasteiger partial charge on any atom is 0.338 e. The van der Waals surface area contributed by atoms with Gasteiger partial charge in [-0.3, -0.25) is 4.79 Å². The minimum Gasteiger partial charge on any atom is -0.457 e. The van der Waals surface area contributed by atoms with Crippen LogP contribution in [0.1, 0.15) is 28.6 Å². The molecule has 2 aliphatic rings. The Hall–Kier alpha value is -3.45. The van der Waals surface area contributed by atoms with E-state index >= 15 is 0 Å². The van der Waals surface area contributed by atoms with E-state index in [-0.39, 0.29) is 11.9 Å². The Kier molecular flexibility index (Phi) is 4.40. The second kappa shape index (κ2) is 7.11. The summed E-state index contributed by atoms with van der Waals surface area (Å²) in [5, 5.41) is 5.76. The quantitative estimate of drug-likeness (QED) is 0.396. The third kappa shape index (κ3) is 3.17. The van der Waals surface area contributed by atoms with Crippen molar-refractivity contribution >= 4 is 45.3 Å². The molecule has 0 unspecified atom stereocenters. The molecule has 3 aromatic rings. The first-order valence-electron chi connectivity index (χ1n) is 9.27. The molecule has 7 heteroatoms. The zero-order valence-electron chi connectivity index (χ0n) is 15.9. The summed E-state index contributed by atoms with van der Waals surface area (Å²) >= 11 is 3.39. The highest BCUT2D eigenvalue weighted by Crippen LogP contribution is 2.30. The van der Waals surface area contributed by atoms with Crippen molar-refractivity contribution in [3.63, 3.8) is 0 Å². The number of esters is 1. The third-order valence-corrected chi connectivity index (χ3v) is 5.55. The number of hydrazone groups is 1. The number of hydrogen-bond donors (Lipinski definition) is 0. The second-order valence-corrected chi connectivity index (χ2v) is 7.90. The molecule has 0 saturated heterocycles. The number of cyclic esters (lactones) is 1. The Bertz CT molecular complexity index is 1250. The van der Waals surface area contributed by atoms with Crippen LogP contribution in [0.5, 0.6) is 0 Å². The normalized spacial score (nSPS) is 16.8. The summed E-state index contributed by atoms with van der Waals surface area (Å²) in [5.74, 6) is 0.600. The van der Waals surface area contributed by atoms with Gasteiger partial charge in [-0.25, -0.2) is 4.79 Å². The average Bonchev–Trinajstić information content (AvgIpc) is 3.43. The first-order chi connectivity index (χ1) is 14.5. The number of carbonyl (C=O) groups excluding carboxylic acids is 2. The molecule has 0 atom stereocenters. The van der Waals surface area contributed by atoms with Crippen molar-refractivity contribution in [2.75, 3.05) is 5.01 Å². The standard InChI is InChI=1S/C23H15BrN2O4/c1-13-19(22(27)26(25-13)17-6-4-16(24)5-7-17)11-18-8-9-21(30-18)14-2-3-15-12-29-23(28)20(15)10-14/h2-11H,12H2,1H3. The first kappa shape index (κ1) is 18.6. The van der Waals surface area contributed by atoms with Gasteiger partial charge in [-0.2, -0.15) is 10.1 Å². The van der Waals surface area contributed by atoms with Crippen LogP contribution in [0.4, 0.5) is 5.69 Å². The number of carbonyl (C=O) groups is 2. The lowest BCUT2D eigenvalue weighted by molar-refractivity contribution is -0.114. The Morgan fingerprint density at radius 1 is 1.07 bits per heavy atom. The Balaban J connectivity index is 1.43. The molecule has 6 nitrogen and oxygen atoms in total. The van der Waals surface area contributed by atoms with E-state index in [4.69, 9.17) is 9.15 Å². The monoisotopic (exact) mass is 462 g/mol. The summed E-state index contributed by atoms with van der Waals surface area (Å²) in [4.78, 5) is 24.7. The summed E-state index contributed by atoms with van der Waals surface area (Å²) in [7, 11) is 0. The van der Waals surface area contributed by atoms with Crippen molar-refractivity contribution in [1.29, 1.82) is 0 Å². The van der Waals surface area contributed by atoms with Crippen LogP contribution in [0.3, 0.4) is 0 Å². The molecule has 3 heterocycles. The number of fused-ring (bicyclic) bond motifs is 1. The largest absolute Gasteiger partial charge is 0.457 e. The van der Waals surface area contributed by atoms with Crippen molar-refractivity contribution in [2.24, 2.45) is 5.10 Å². The Morgan fingerprint density at radius 2 is 1.87 bits per heavy atom. The number of hydrogen-bond acceptors (Lipinski definition) is 5. The van der Waals surface area contributed by atoms with Crippen LogP contribution in [0.2, 0.25) is 0 Å². The minimum atomic E-state index is -0.322. The lowest BCUT2D eigenvalue weighted by Gasteiger charge is -2.11. The van der Waals surface area contributed by atoms with Gasteiger partial charge < -0.3 is 9.15 Å². The summed E-state index contributed by atoms with van der Waals surface area (Å²) < 4.78 is 11.9. The van der Waals surface area contributed by atoms with E-state index in [9.17, 15) is 9.59 Å². The van der Waals surface area contributed by atoms with E-state index in [1.807, 2.05) is 42.5 Å². The molecule has 0 radical (unpaired) electrons. The highest BCUT2D eigenvalue weighted by Gasteiger charge is 2.29. The number of benzene rings is 2. The third-order valence-electron chi connectivity index (χ3n) is 5.02. The number of ether oxygens (including phenoxy) is 1. The molecule has 2 aliphatic heterocycles. The fraction of sp³-hybridized carbons (Fsp3) is 0.0870. The maximum atomic E-state index is 12.9. The van der Waals surface area contributed by atoms with Gasteiger partial charge in [0.15, 0.2) is 0 Å². The summed E-state index contributed by atoms with van der Waals surface area (Å²) in [6.45, 7) is 2.10. The number of nitrogens with zero attached hydrogens (tertiary/aromatic N) is 2. The van der Waals surface area contributed by atoms with Crippen molar-refractivity contribution in [1.82, 2.24) is 0 Å². The van der Waals surface area contributed by atoms with Gasteiger partial charge in [0, 0.05) is 15.6 Å². The van der Waals surface area contributed by atoms with Gasteiger partial charge in [0.05, 0.1) is 22.5 Å². The molecule has 0 N–H and O–H groups in total. The van der Waals surface area contributed by atoms with Crippen LogP contribution in [-0.4, -0.2) is 17.6 Å². The van der Waals surface area contributed by atoms with Crippen LogP contribution >= 0.6 is 15.9 Å². The number of amides is 1. The van der Waals surface area contributed by atoms with Gasteiger partial charge in [-0.1, -0.05) is 28.1 Å². The zero-order valence-corrected chi connectivity index (χ0v) is 17.5. The van der Waals surface area contributed by atoms with Gasteiger partial charge in [0.25, 0.3) is 5.91 Å². The molecule has 148 valence electrons. The predicted molar refractivity (Wildman–Crippen MR) is 116 cm³/mol. The van der Waals surface area contributed by atoms with E-state index < -0.39 is 0 Å². The number of anilines is 1. The van der Waals surface area contributed by atoms with Gasteiger partial charge in [0.2, 0.25) is 0 Å². The molecule has 1 amide bonds. The fourth-order valence-corrected chi connectivity index (χ4v) is 3.70. The van der Waals surface area contributed by atoms with Crippen molar-refractivity contribution < 1.29 is 18.7 Å². The van der Waals surface area contributed by atoms with E-state index in [0.717, 1.165) is 15.6 Å². The first-order valence-corrected chi connectivity index (χ1v) is 10.1. The molecule has 1 aromatic heterocycles. The molecular formula is C23H15BrN2O4. The topological polar surface area (TPSA) is 72.1 Å². The van der Waals surface area contributed by atoms with Gasteiger partial charge in [0.1, 0.15) is 18.1 Å². The molecule has 2 aromatic carbocycles. The molecule has 0 saturated carbocycles. The average molecular weight is 463 g/mol. The van der Waals surface area contributed by atoms with E-state index in [1.165, 1.54) is 5.01 Å². The van der Waals surface area contributed by atoms with Gasteiger partial charge in [-0.05, 0) is 55.5 Å². The van der Waals surface area contributed by atoms with Crippen LogP contribution in [0, 0.1) is 0 Å². The molecular weight excluding hydrogens is 448 g/mol. The molecule has 5 rings (SSSR count). The number of rotatable bonds is 3.